The SMILES string of the molecule is COc1cc(F)c(Br)cc1C(N)C(C(F)(F)F)C(F)(F)F. The van der Waals surface area contributed by atoms with Crippen molar-refractivity contribution in [1.82, 2.24) is 0 Å². The van der Waals surface area contributed by atoms with E-state index in [1.807, 2.05) is 0 Å². The third-order valence-corrected chi connectivity index (χ3v) is 3.30. The molecule has 0 saturated carbocycles. The number of benzene rings is 1. The maximum absolute atomic E-state index is 13.3. The van der Waals surface area contributed by atoms with E-state index in [9.17, 15) is 30.7 Å². The van der Waals surface area contributed by atoms with Crippen molar-refractivity contribution < 1.29 is 35.5 Å². The molecule has 0 saturated heterocycles. The monoisotopic (exact) mass is 383 g/mol. The van der Waals surface area contributed by atoms with Crippen molar-refractivity contribution in [3.63, 3.8) is 0 Å². The van der Waals surface area contributed by atoms with Gasteiger partial charge in [-0.15, -0.1) is 0 Å². The predicted molar refractivity (Wildman–Crippen MR) is 63.2 cm³/mol. The Bertz CT molecular complexity index is 501. The summed E-state index contributed by atoms with van der Waals surface area (Å²) >= 11 is 2.68. The fraction of sp³-hybridized carbons (Fsp3) is 0.455. The first-order chi connectivity index (χ1) is 9.39. The summed E-state index contributed by atoms with van der Waals surface area (Å²) in [6.07, 6.45) is -11.2. The van der Waals surface area contributed by atoms with Crippen molar-refractivity contribution in [2.24, 2.45) is 11.7 Å². The highest BCUT2D eigenvalue weighted by atomic mass is 79.9. The van der Waals surface area contributed by atoms with Crippen LogP contribution >= 0.6 is 15.9 Å². The largest absolute Gasteiger partial charge is 0.496 e. The minimum Gasteiger partial charge on any atom is -0.496 e. The van der Waals surface area contributed by atoms with E-state index in [-0.39, 0.29) is 4.47 Å². The number of rotatable bonds is 3. The molecule has 10 heteroatoms. The molecule has 1 unspecified atom stereocenters. The molecule has 21 heavy (non-hydrogen) atoms. The molecule has 2 nitrogen and oxygen atoms in total. The van der Waals surface area contributed by atoms with E-state index in [2.05, 4.69) is 20.7 Å². The smallest absolute Gasteiger partial charge is 0.402 e. The number of hydrogen-bond acceptors (Lipinski definition) is 2. The minimum atomic E-state index is -5.61. The van der Waals surface area contributed by atoms with Gasteiger partial charge in [0, 0.05) is 11.6 Å². The number of nitrogens with two attached hydrogens (primary N) is 1. The molecule has 0 amide bonds. The van der Waals surface area contributed by atoms with E-state index in [1.54, 1.807) is 0 Å². The first-order valence-corrected chi connectivity index (χ1v) is 6.10. The third-order valence-electron chi connectivity index (χ3n) is 2.70. The summed E-state index contributed by atoms with van der Waals surface area (Å²) in [6.45, 7) is 0. The molecule has 1 rings (SSSR count). The van der Waals surface area contributed by atoms with Crippen molar-refractivity contribution in [2.45, 2.75) is 18.4 Å². The lowest BCUT2D eigenvalue weighted by Gasteiger charge is -2.29. The van der Waals surface area contributed by atoms with Gasteiger partial charge in [0.05, 0.1) is 17.6 Å². The second-order valence-corrected chi connectivity index (χ2v) is 4.95. The first kappa shape index (κ1) is 18.0. The zero-order valence-corrected chi connectivity index (χ0v) is 11.9. The predicted octanol–water partition coefficient (Wildman–Crippen LogP) is 4.34. The number of halogens is 8. The van der Waals surface area contributed by atoms with Gasteiger partial charge in [0.2, 0.25) is 0 Å². The number of hydrogen-bond donors (Lipinski definition) is 1. The van der Waals surface area contributed by atoms with Gasteiger partial charge < -0.3 is 10.5 Å². The van der Waals surface area contributed by atoms with Gasteiger partial charge in [-0.1, -0.05) is 0 Å². The molecule has 0 fully saturated rings. The van der Waals surface area contributed by atoms with Crippen molar-refractivity contribution >= 4 is 15.9 Å². The van der Waals surface area contributed by atoms with Crippen LogP contribution < -0.4 is 10.5 Å². The van der Waals surface area contributed by atoms with Crippen LogP contribution in [0.4, 0.5) is 30.7 Å². The van der Waals surface area contributed by atoms with Crippen LogP contribution in [0, 0.1) is 11.7 Å². The second kappa shape index (κ2) is 5.99. The Morgan fingerprint density at radius 2 is 1.57 bits per heavy atom. The summed E-state index contributed by atoms with van der Waals surface area (Å²) in [7, 11) is 0.981. The zero-order valence-electron chi connectivity index (χ0n) is 10.3. The standard InChI is InChI=1S/C11H9BrF7NO/c1-21-7-3-6(13)5(12)2-4(7)8(20)9(10(14,15)16)11(17,18)19/h2-3,8-9H,20H2,1H3. The second-order valence-electron chi connectivity index (χ2n) is 4.09. The van der Waals surface area contributed by atoms with Gasteiger partial charge in [0.15, 0.2) is 5.92 Å². The zero-order chi connectivity index (χ0) is 16.6. The van der Waals surface area contributed by atoms with Gasteiger partial charge in [-0.2, -0.15) is 26.3 Å². The Balaban J connectivity index is 3.40. The molecule has 120 valence electrons. The normalized spacial score (nSPS) is 14.4. The summed E-state index contributed by atoms with van der Waals surface area (Å²) in [6, 6.07) is -1.09. The van der Waals surface area contributed by atoms with E-state index in [1.165, 1.54) is 0 Å². The Morgan fingerprint density at radius 3 is 1.95 bits per heavy atom. The molecule has 2 N–H and O–H groups in total. The molecule has 0 bridgehead atoms. The van der Waals surface area contributed by atoms with E-state index in [4.69, 9.17) is 5.73 Å². The lowest BCUT2D eigenvalue weighted by molar-refractivity contribution is -0.290. The minimum absolute atomic E-state index is 0.322. The highest BCUT2D eigenvalue weighted by molar-refractivity contribution is 9.10. The summed E-state index contributed by atoms with van der Waals surface area (Å²) in [5.74, 6) is -5.20. The molecular formula is C11H9BrF7NO. The molecule has 0 radical (unpaired) electrons. The molecule has 0 aliphatic rings. The van der Waals surface area contributed by atoms with Crippen LogP contribution in [0.1, 0.15) is 11.6 Å². The first-order valence-electron chi connectivity index (χ1n) is 5.31. The lowest BCUT2D eigenvalue weighted by atomic mass is 9.92. The fourth-order valence-electron chi connectivity index (χ4n) is 1.75. The number of alkyl halides is 6. The molecule has 1 atom stereocenters. The molecule has 0 aliphatic heterocycles. The summed E-state index contributed by atoms with van der Waals surface area (Å²) in [5, 5.41) is 0. The fourth-order valence-corrected chi connectivity index (χ4v) is 2.11. The van der Waals surface area contributed by atoms with E-state index in [0.29, 0.717) is 6.07 Å². The van der Waals surface area contributed by atoms with Crippen LogP contribution in [0.15, 0.2) is 16.6 Å². The molecule has 0 heterocycles. The van der Waals surface area contributed by atoms with Crippen molar-refractivity contribution in [3.8, 4) is 5.75 Å². The van der Waals surface area contributed by atoms with Crippen LogP contribution in [0.3, 0.4) is 0 Å². The van der Waals surface area contributed by atoms with E-state index in [0.717, 1.165) is 13.2 Å². The molecule has 0 spiro atoms. The van der Waals surface area contributed by atoms with Crippen LogP contribution in [0.5, 0.6) is 5.75 Å². The Hall–Kier alpha value is -1.03. The van der Waals surface area contributed by atoms with Gasteiger partial charge in [-0.25, -0.2) is 4.39 Å². The van der Waals surface area contributed by atoms with Crippen LogP contribution in [-0.2, 0) is 0 Å². The van der Waals surface area contributed by atoms with Crippen LogP contribution in [0.2, 0.25) is 0 Å². The van der Waals surface area contributed by atoms with Crippen LogP contribution in [-0.4, -0.2) is 19.5 Å². The van der Waals surface area contributed by atoms with Gasteiger partial charge in [0.1, 0.15) is 11.6 Å². The molecule has 1 aromatic carbocycles. The Kier molecular flexibility index (Phi) is 5.14. The summed E-state index contributed by atoms with van der Waals surface area (Å²) in [4.78, 5) is 0. The summed E-state index contributed by atoms with van der Waals surface area (Å²) < 4.78 is 93.4. The van der Waals surface area contributed by atoms with Gasteiger partial charge >= 0.3 is 12.4 Å². The third kappa shape index (κ3) is 4.00. The molecule has 1 aromatic rings. The van der Waals surface area contributed by atoms with Gasteiger partial charge in [-0.3, -0.25) is 0 Å². The molecule has 0 aliphatic carbocycles. The Morgan fingerprint density at radius 1 is 1.10 bits per heavy atom. The molecule has 0 aromatic heterocycles. The average molecular weight is 384 g/mol. The van der Waals surface area contributed by atoms with Crippen molar-refractivity contribution in [1.29, 1.82) is 0 Å². The Labute approximate surface area is 123 Å². The summed E-state index contributed by atoms with van der Waals surface area (Å²) in [5.41, 5.74) is 4.54. The quantitative estimate of drug-likeness (QED) is 0.788. The maximum Gasteiger partial charge on any atom is 0.402 e. The lowest BCUT2D eigenvalue weighted by Crippen LogP contribution is -2.44. The average Bonchev–Trinajstić information content (AvgIpc) is 2.28. The number of ether oxygens (including phenoxy) is 1. The maximum atomic E-state index is 13.3. The van der Waals surface area contributed by atoms with Crippen molar-refractivity contribution in [3.05, 3.63) is 28.0 Å². The van der Waals surface area contributed by atoms with Crippen LogP contribution in [0.25, 0.3) is 0 Å². The van der Waals surface area contributed by atoms with Gasteiger partial charge in [-0.05, 0) is 22.0 Å². The highest BCUT2D eigenvalue weighted by Gasteiger charge is 2.60. The highest BCUT2D eigenvalue weighted by Crippen LogP contribution is 2.47. The van der Waals surface area contributed by atoms with Crippen molar-refractivity contribution in [2.75, 3.05) is 7.11 Å². The van der Waals surface area contributed by atoms with Gasteiger partial charge in [0.25, 0.3) is 0 Å². The molecular weight excluding hydrogens is 375 g/mol. The van der Waals surface area contributed by atoms with E-state index >= 15 is 0 Å². The number of methoxy groups -OCH3 is 1. The topological polar surface area (TPSA) is 35.2 Å². The van der Waals surface area contributed by atoms with E-state index < -0.39 is 41.4 Å².